The molecule has 0 aliphatic heterocycles. The van der Waals surface area contributed by atoms with Crippen LogP contribution in [0.4, 0.5) is 5.69 Å². The van der Waals surface area contributed by atoms with Gasteiger partial charge in [0.05, 0.1) is 0 Å². The Labute approximate surface area is 74.6 Å². The van der Waals surface area contributed by atoms with E-state index in [1.54, 1.807) is 0 Å². The number of aryl methyl sites for hydroxylation is 2. The predicted molar refractivity (Wildman–Crippen MR) is 54.4 cm³/mol. The standard InChI is InChI=1S/C11H17N/c1-7(2)10-6-8(3)5-9(4)11(10)12/h5-7H,12H2,1-4H3. The monoisotopic (exact) mass is 163 g/mol. The van der Waals surface area contributed by atoms with Crippen molar-refractivity contribution in [3.8, 4) is 0 Å². The molecule has 1 nitrogen and oxygen atoms in total. The molecule has 0 aromatic heterocycles. The first-order chi connectivity index (χ1) is 5.52. The number of hydrogen-bond donors (Lipinski definition) is 1. The molecule has 1 heteroatoms. The molecule has 12 heavy (non-hydrogen) atoms. The second-order valence-corrected chi connectivity index (χ2v) is 3.74. The summed E-state index contributed by atoms with van der Waals surface area (Å²) in [7, 11) is 0. The third-order valence-corrected chi connectivity index (χ3v) is 2.19. The average Bonchev–Trinajstić information content (AvgIpc) is 1.96. The zero-order chi connectivity index (χ0) is 9.30. The average molecular weight is 163 g/mol. The molecule has 0 radical (unpaired) electrons. The minimum absolute atomic E-state index is 0.517. The van der Waals surface area contributed by atoms with Gasteiger partial charge in [-0.3, -0.25) is 0 Å². The predicted octanol–water partition coefficient (Wildman–Crippen LogP) is 3.01. The molecule has 0 spiro atoms. The van der Waals surface area contributed by atoms with Crippen LogP contribution in [0.3, 0.4) is 0 Å². The lowest BCUT2D eigenvalue weighted by Gasteiger charge is -2.12. The third kappa shape index (κ3) is 1.60. The van der Waals surface area contributed by atoms with Gasteiger partial charge in [0.2, 0.25) is 0 Å². The van der Waals surface area contributed by atoms with Crippen molar-refractivity contribution in [1.82, 2.24) is 0 Å². The van der Waals surface area contributed by atoms with Gasteiger partial charge in [0, 0.05) is 5.69 Å². The van der Waals surface area contributed by atoms with Gasteiger partial charge in [-0.05, 0) is 30.9 Å². The van der Waals surface area contributed by atoms with Gasteiger partial charge < -0.3 is 5.73 Å². The quantitative estimate of drug-likeness (QED) is 0.633. The first-order valence-corrected chi connectivity index (χ1v) is 4.39. The zero-order valence-corrected chi connectivity index (χ0v) is 8.31. The van der Waals surface area contributed by atoms with Crippen molar-refractivity contribution in [1.29, 1.82) is 0 Å². The number of nitrogen functional groups attached to an aromatic ring is 1. The van der Waals surface area contributed by atoms with Crippen LogP contribution in [-0.2, 0) is 0 Å². The van der Waals surface area contributed by atoms with Crippen molar-refractivity contribution in [3.05, 3.63) is 28.8 Å². The molecule has 0 aliphatic carbocycles. The molecule has 0 amide bonds. The molecule has 1 rings (SSSR count). The lowest BCUT2D eigenvalue weighted by Crippen LogP contribution is -1.99. The minimum Gasteiger partial charge on any atom is -0.398 e. The van der Waals surface area contributed by atoms with E-state index in [2.05, 4.69) is 39.8 Å². The highest BCUT2D eigenvalue weighted by Crippen LogP contribution is 2.25. The first kappa shape index (κ1) is 9.11. The Morgan fingerprint density at radius 3 is 2.25 bits per heavy atom. The summed E-state index contributed by atoms with van der Waals surface area (Å²) in [6.07, 6.45) is 0. The van der Waals surface area contributed by atoms with Crippen LogP contribution >= 0.6 is 0 Å². The summed E-state index contributed by atoms with van der Waals surface area (Å²) in [6.45, 7) is 8.52. The highest BCUT2D eigenvalue weighted by molar-refractivity contribution is 5.56. The van der Waals surface area contributed by atoms with Crippen molar-refractivity contribution < 1.29 is 0 Å². The normalized spacial score (nSPS) is 10.8. The summed E-state index contributed by atoms with van der Waals surface area (Å²) < 4.78 is 0. The third-order valence-electron chi connectivity index (χ3n) is 2.19. The fraction of sp³-hybridized carbons (Fsp3) is 0.455. The molecule has 66 valence electrons. The molecule has 1 aromatic rings. The first-order valence-electron chi connectivity index (χ1n) is 4.39. The van der Waals surface area contributed by atoms with Crippen LogP contribution in [0.15, 0.2) is 12.1 Å². The summed E-state index contributed by atoms with van der Waals surface area (Å²) in [5.41, 5.74) is 10.7. The van der Waals surface area contributed by atoms with Gasteiger partial charge in [0.1, 0.15) is 0 Å². The van der Waals surface area contributed by atoms with Crippen LogP contribution in [0.5, 0.6) is 0 Å². The van der Waals surface area contributed by atoms with Gasteiger partial charge in [-0.2, -0.15) is 0 Å². The molecular weight excluding hydrogens is 146 g/mol. The minimum atomic E-state index is 0.517. The van der Waals surface area contributed by atoms with E-state index in [-0.39, 0.29) is 0 Å². The van der Waals surface area contributed by atoms with E-state index in [1.165, 1.54) is 16.7 Å². The SMILES string of the molecule is Cc1cc(C)c(N)c(C(C)C)c1. The Bertz CT molecular complexity index is 287. The van der Waals surface area contributed by atoms with Gasteiger partial charge >= 0.3 is 0 Å². The van der Waals surface area contributed by atoms with E-state index in [9.17, 15) is 0 Å². The molecule has 0 saturated heterocycles. The second kappa shape index (κ2) is 3.18. The van der Waals surface area contributed by atoms with Crippen molar-refractivity contribution in [2.45, 2.75) is 33.6 Å². The maximum absolute atomic E-state index is 5.95. The van der Waals surface area contributed by atoms with Gasteiger partial charge in [-0.25, -0.2) is 0 Å². The zero-order valence-electron chi connectivity index (χ0n) is 8.31. The molecule has 0 bridgehead atoms. The molecule has 1 aromatic carbocycles. The van der Waals surface area contributed by atoms with Crippen LogP contribution in [0.2, 0.25) is 0 Å². The van der Waals surface area contributed by atoms with Crippen molar-refractivity contribution >= 4 is 5.69 Å². The molecule has 0 unspecified atom stereocenters. The van der Waals surface area contributed by atoms with Gasteiger partial charge in [0.15, 0.2) is 0 Å². The maximum atomic E-state index is 5.95. The molecule has 0 fully saturated rings. The highest BCUT2D eigenvalue weighted by atomic mass is 14.6. The highest BCUT2D eigenvalue weighted by Gasteiger charge is 2.06. The molecule has 0 aliphatic rings. The maximum Gasteiger partial charge on any atom is 0.0379 e. The molecular formula is C11H17N. The number of benzene rings is 1. The van der Waals surface area contributed by atoms with E-state index < -0.39 is 0 Å². The molecule has 0 atom stereocenters. The summed E-state index contributed by atoms with van der Waals surface area (Å²) in [5, 5.41) is 0. The Hall–Kier alpha value is -0.980. The van der Waals surface area contributed by atoms with E-state index in [0.717, 1.165) is 5.69 Å². The van der Waals surface area contributed by atoms with Crippen LogP contribution in [0, 0.1) is 13.8 Å². The fourth-order valence-corrected chi connectivity index (χ4v) is 1.49. The van der Waals surface area contributed by atoms with E-state index >= 15 is 0 Å². The van der Waals surface area contributed by atoms with Crippen molar-refractivity contribution in [2.75, 3.05) is 5.73 Å². The Morgan fingerprint density at radius 2 is 1.75 bits per heavy atom. The van der Waals surface area contributed by atoms with Crippen molar-refractivity contribution in [2.24, 2.45) is 0 Å². The number of anilines is 1. The Balaban J connectivity index is 3.28. The van der Waals surface area contributed by atoms with Crippen LogP contribution in [0.1, 0.15) is 36.5 Å². The van der Waals surface area contributed by atoms with E-state index in [1.807, 2.05) is 0 Å². The topological polar surface area (TPSA) is 26.0 Å². The number of rotatable bonds is 1. The summed E-state index contributed by atoms with van der Waals surface area (Å²) in [4.78, 5) is 0. The molecule has 0 heterocycles. The summed E-state index contributed by atoms with van der Waals surface area (Å²) in [6, 6.07) is 4.30. The van der Waals surface area contributed by atoms with E-state index in [4.69, 9.17) is 5.73 Å². The van der Waals surface area contributed by atoms with E-state index in [0.29, 0.717) is 5.92 Å². The van der Waals surface area contributed by atoms with Gasteiger partial charge in [0.25, 0.3) is 0 Å². The fourth-order valence-electron chi connectivity index (χ4n) is 1.49. The van der Waals surface area contributed by atoms with Crippen LogP contribution < -0.4 is 5.73 Å². The molecule has 0 saturated carbocycles. The van der Waals surface area contributed by atoms with Crippen LogP contribution in [-0.4, -0.2) is 0 Å². The number of nitrogens with two attached hydrogens (primary N) is 1. The Kier molecular flexibility index (Phi) is 2.41. The smallest absolute Gasteiger partial charge is 0.0379 e. The van der Waals surface area contributed by atoms with Crippen molar-refractivity contribution in [3.63, 3.8) is 0 Å². The molecule has 2 N–H and O–H groups in total. The lowest BCUT2D eigenvalue weighted by molar-refractivity contribution is 0.866. The summed E-state index contributed by atoms with van der Waals surface area (Å²) >= 11 is 0. The van der Waals surface area contributed by atoms with Gasteiger partial charge in [-0.1, -0.05) is 31.5 Å². The lowest BCUT2D eigenvalue weighted by atomic mass is 9.96. The number of hydrogen-bond acceptors (Lipinski definition) is 1. The Morgan fingerprint density at radius 1 is 1.17 bits per heavy atom. The largest absolute Gasteiger partial charge is 0.398 e. The van der Waals surface area contributed by atoms with Gasteiger partial charge in [-0.15, -0.1) is 0 Å². The van der Waals surface area contributed by atoms with Crippen LogP contribution in [0.25, 0.3) is 0 Å². The second-order valence-electron chi connectivity index (χ2n) is 3.74. The summed E-state index contributed by atoms with van der Waals surface area (Å²) in [5.74, 6) is 0.517.